The van der Waals surface area contributed by atoms with Gasteiger partial charge in [-0.15, -0.1) is 0 Å². The number of hydrogen-bond acceptors (Lipinski definition) is 4. The lowest BCUT2D eigenvalue weighted by atomic mass is 10.2. The number of nitrogens with one attached hydrogen (secondary N) is 1. The first-order valence-electron chi connectivity index (χ1n) is 6.53. The minimum atomic E-state index is -0.878. The fourth-order valence-electron chi connectivity index (χ4n) is 1.55. The van der Waals surface area contributed by atoms with E-state index in [2.05, 4.69) is 10.3 Å². The number of imidazole rings is 1. The predicted octanol–water partition coefficient (Wildman–Crippen LogP) is 1.53. The van der Waals surface area contributed by atoms with E-state index in [9.17, 15) is 9.59 Å². The third kappa shape index (κ3) is 6.10. The molecule has 0 atom stereocenters. The Labute approximate surface area is 123 Å². The molecule has 0 aromatic carbocycles. The summed E-state index contributed by atoms with van der Waals surface area (Å²) >= 11 is 1.17. The van der Waals surface area contributed by atoms with Gasteiger partial charge in [-0.1, -0.05) is 25.6 Å². The number of hydrogen-bond donors (Lipinski definition) is 2. The molecule has 2 N–H and O–H groups in total. The highest BCUT2D eigenvalue weighted by Gasteiger charge is 2.10. The van der Waals surface area contributed by atoms with Crippen LogP contribution in [0, 0.1) is 12.8 Å². The Bertz CT molecular complexity index is 471. The molecule has 0 unspecified atom stereocenters. The molecule has 1 amide bonds. The first kappa shape index (κ1) is 16.6. The van der Waals surface area contributed by atoms with E-state index in [1.807, 2.05) is 31.5 Å². The van der Waals surface area contributed by atoms with E-state index in [0.29, 0.717) is 30.6 Å². The van der Waals surface area contributed by atoms with Gasteiger partial charge in [-0.25, -0.2) is 4.98 Å². The number of nitrogens with zero attached hydrogens (tertiary/aromatic N) is 2. The molecule has 1 aromatic heterocycles. The number of carboxylic acids is 1. The summed E-state index contributed by atoms with van der Waals surface area (Å²) in [4.78, 5) is 26.5. The number of aromatic nitrogens is 2. The van der Waals surface area contributed by atoms with Crippen LogP contribution in [0.3, 0.4) is 0 Å². The average Bonchev–Trinajstić information content (AvgIpc) is 2.71. The van der Waals surface area contributed by atoms with Crippen molar-refractivity contribution in [3.05, 3.63) is 11.9 Å². The zero-order chi connectivity index (χ0) is 15.1. The molecule has 0 aliphatic rings. The SMILES string of the molecule is Cc1cn(CCC(=O)NCC(C)C)c(SCC(=O)O)n1. The minimum Gasteiger partial charge on any atom is -0.481 e. The van der Waals surface area contributed by atoms with Crippen LogP contribution in [-0.2, 0) is 16.1 Å². The van der Waals surface area contributed by atoms with Gasteiger partial charge in [-0.2, -0.15) is 0 Å². The molecule has 0 bridgehead atoms. The van der Waals surface area contributed by atoms with Crippen molar-refractivity contribution in [2.24, 2.45) is 5.92 Å². The number of carbonyl (C=O) groups is 2. The second-order valence-corrected chi connectivity index (χ2v) is 5.93. The molecule has 0 saturated heterocycles. The predicted molar refractivity (Wildman–Crippen MR) is 77.8 cm³/mol. The largest absolute Gasteiger partial charge is 0.481 e. The van der Waals surface area contributed by atoms with Gasteiger partial charge in [-0.05, 0) is 12.8 Å². The number of carboxylic acid groups (broad SMARTS) is 1. The maximum atomic E-state index is 11.7. The highest BCUT2D eigenvalue weighted by Crippen LogP contribution is 2.17. The summed E-state index contributed by atoms with van der Waals surface area (Å²) < 4.78 is 1.83. The van der Waals surface area contributed by atoms with E-state index in [1.165, 1.54) is 11.8 Å². The van der Waals surface area contributed by atoms with Crippen LogP contribution in [0.4, 0.5) is 0 Å². The molecule has 0 fully saturated rings. The van der Waals surface area contributed by atoms with Crippen LogP contribution in [0.25, 0.3) is 0 Å². The Balaban J connectivity index is 2.50. The fraction of sp³-hybridized carbons (Fsp3) is 0.615. The number of amides is 1. The fourth-order valence-corrected chi connectivity index (χ4v) is 2.33. The number of rotatable bonds is 8. The van der Waals surface area contributed by atoms with Crippen molar-refractivity contribution >= 4 is 23.6 Å². The molecule has 1 heterocycles. The van der Waals surface area contributed by atoms with Crippen LogP contribution in [0.1, 0.15) is 26.0 Å². The molecule has 20 heavy (non-hydrogen) atoms. The quantitative estimate of drug-likeness (QED) is 0.711. The maximum absolute atomic E-state index is 11.7. The monoisotopic (exact) mass is 299 g/mol. The highest BCUT2D eigenvalue weighted by molar-refractivity contribution is 7.99. The van der Waals surface area contributed by atoms with Gasteiger partial charge in [0.25, 0.3) is 0 Å². The Kier molecular flexibility index (Phi) is 6.57. The smallest absolute Gasteiger partial charge is 0.313 e. The maximum Gasteiger partial charge on any atom is 0.313 e. The van der Waals surface area contributed by atoms with E-state index < -0.39 is 5.97 Å². The van der Waals surface area contributed by atoms with Gasteiger partial charge in [0.1, 0.15) is 0 Å². The van der Waals surface area contributed by atoms with Crippen LogP contribution in [0.15, 0.2) is 11.4 Å². The van der Waals surface area contributed by atoms with Crippen molar-refractivity contribution in [3.63, 3.8) is 0 Å². The van der Waals surface area contributed by atoms with Gasteiger partial charge < -0.3 is 15.0 Å². The molecule has 0 radical (unpaired) electrons. The van der Waals surface area contributed by atoms with Crippen LogP contribution in [-0.4, -0.2) is 38.8 Å². The standard InChI is InChI=1S/C13H21N3O3S/c1-9(2)6-14-11(17)4-5-16-7-10(3)15-13(16)20-8-12(18)19/h7,9H,4-6,8H2,1-3H3,(H,14,17)(H,18,19). The van der Waals surface area contributed by atoms with Crippen molar-refractivity contribution in [1.82, 2.24) is 14.9 Å². The Morgan fingerprint density at radius 1 is 1.50 bits per heavy atom. The summed E-state index contributed by atoms with van der Waals surface area (Å²) in [5.41, 5.74) is 0.820. The lowest BCUT2D eigenvalue weighted by molar-refractivity contribution is -0.134. The van der Waals surface area contributed by atoms with Gasteiger partial charge in [0.2, 0.25) is 5.91 Å². The molecular weight excluding hydrogens is 278 g/mol. The summed E-state index contributed by atoms with van der Waals surface area (Å²) in [5.74, 6) is -0.483. The van der Waals surface area contributed by atoms with Gasteiger partial charge in [-0.3, -0.25) is 9.59 Å². The van der Waals surface area contributed by atoms with E-state index in [-0.39, 0.29) is 11.7 Å². The van der Waals surface area contributed by atoms with E-state index in [1.54, 1.807) is 0 Å². The topological polar surface area (TPSA) is 84.2 Å². The molecule has 0 saturated carbocycles. The lowest BCUT2D eigenvalue weighted by Crippen LogP contribution is -2.28. The molecule has 0 aliphatic carbocycles. The van der Waals surface area contributed by atoms with Gasteiger partial charge in [0.05, 0.1) is 11.4 Å². The van der Waals surface area contributed by atoms with Crippen molar-refractivity contribution in [2.75, 3.05) is 12.3 Å². The second kappa shape index (κ2) is 7.94. The number of aliphatic carboxylic acids is 1. The first-order chi connectivity index (χ1) is 9.38. The second-order valence-electron chi connectivity index (χ2n) is 4.99. The lowest BCUT2D eigenvalue weighted by Gasteiger charge is -2.09. The van der Waals surface area contributed by atoms with Gasteiger partial charge >= 0.3 is 5.97 Å². The zero-order valence-corrected chi connectivity index (χ0v) is 12.9. The third-order valence-corrected chi connectivity index (χ3v) is 3.45. The summed E-state index contributed by atoms with van der Waals surface area (Å²) in [5, 5.41) is 12.2. The van der Waals surface area contributed by atoms with E-state index >= 15 is 0 Å². The summed E-state index contributed by atoms with van der Waals surface area (Å²) in [6.07, 6.45) is 2.20. The van der Waals surface area contributed by atoms with Crippen LogP contribution in [0.5, 0.6) is 0 Å². The van der Waals surface area contributed by atoms with Crippen molar-refractivity contribution in [1.29, 1.82) is 0 Å². The molecule has 112 valence electrons. The van der Waals surface area contributed by atoms with Gasteiger partial charge in [0.15, 0.2) is 5.16 Å². The molecule has 6 nitrogen and oxygen atoms in total. The number of thioether (sulfide) groups is 1. The molecule has 7 heteroatoms. The summed E-state index contributed by atoms with van der Waals surface area (Å²) in [7, 11) is 0. The van der Waals surface area contributed by atoms with Crippen LogP contribution < -0.4 is 5.32 Å². The van der Waals surface area contributed by atoms with E-state index in [4.69, 9.17) is 5.11 Å². The Morgan fingerprint density at radius 2 is 2.20 bits per heavy atom. The molecule has 0 spiro atoms. The number of carbonyl (C=O) groups excluding carboxylic acids is 1. The normalized spacial score (nSPS) is 10.8. The third-order valence-electron chi connectivity index (χ3n) is 2.47. The van der Waals surface area contributed by atoms with Crippen molar-refractivity contribution in [2.45, 2.75) is 38.9 Å². The van der Waals surface area contributed by atoms with Crippen LogP contribution >= 0.6 is 11.8 Å². The highest BCUT2D eigenvalue weighted by atomic mass is 32.2. The molecule has 1 rings (SSSR count). The van der Waals surface area contributed by atoms with Gasteiger partial charge in [0, 0.05) is 25.7 Å². The first-order valence-corrected chi connectivity index (χ1v) is 7.52. The Morgan fingerprint density at radius 3 is 2.80 bits per heavy atom. The van der Waals surface area contributed by atoms with E-state index in [0.717, 1.165) is 5.69 Å². The molecular formula is C13H21N3O3S. The zero-order valence-electron chi connectivity index (χ0n) is 12.0. The van der Waals surface area contributed by atoms with Crippen molar-refractivity contribution < 1.29 is 14.7 Å². The molecule has 0 aliphatic heterocycles. The minimum absolute atomic E-state index is 0.000706. The summed E-state index contributed by atoms with van der Waals surface area (Å²) in [6.45, 7) is 7.11. The number of aryl methyl sites for hydroxylation is 2. The molecule has 1 aromatic rings. The van der Waals surface area contributed by atoms with Crippen LogP contribution in [0.2, 0.25) is 0 Å². The summed E-state index contributed by atoms with van der Waals surface area (Å²) in [6, 6.07) is 0. The Hall–Kier alpha value is -1.50. The van der Waals surface area contributed by atoms with Crippen molar-refractivity contribution in [3.8, 4) is 0 Å². The average molecular weight is 299 g/mol.